The fourth-order valence-corrected chi connectivity index (χ4v) is 2.81. The number of hydrogen-bond acceptors (Lipinski definition) is 6. The number of sulfonamides is 1. The van der Waals surface area contributed by atoms with E-state index in [9.17, 15) is 23.1 Å². The molecule has 2 atom stereocenters. The second-order valence-electron chi connectivity index (χ2n) is 4.37. The number of ether oxygens (including phenoxy) is 1. The van der Waals surface area contributed by atoms with Crippen molar-refractivity contribution in [3.8, 4) is 0 Å². The van der Waals surface area contributed by atoms with Crippen molar-refractivity contribution in [2.45, 2.75) is 24.0 Å². The molecule has 1 rings (SSSR count). The molecular weight excluding hydrogens is 336 g/mol. The maximum Gasteiger partial charge on any atom is 0.327 e. The number of aliphatic hydroxyl groups is 1. The maximum atomic E-state index is 12.1. The third kappa shape index (κ3) is 5.26. The number of rotatable bonds is 7. The number of benzene rings is 1. The van der Waals surface area contributed by atoms with Crippen LogP contribution in [0, 0.1) is 0 Å². The average molecular weight is 351 g/mol. The molecule has 1 aromatic carbocycles. The van der Waals surface area contributed by atoms with Crippen LogP contribution in [0.5, 0.6) is 0 Å². The minimum atomic E-state index is -4.09. The van der Waals surface area contributed by atoms with Gasteiger partial charge in [-0.2, -0.15) is 4.72 Å². The summed E-state index contributed by atoms with van der Waals surface area (Å²) in [7, 11) is -4.09. The highest BCUT2D eigenvalue weighted by Crippen LogP contribution is 2.15. The van der Waals surface area contributed by atoms with Crippen molar-refractivity contribution in [1.29, 1.82) is 0 Å². The highest BCUT2D eigenvalue weighted by atomic mass is 35.5. The van der Waals surface area contributed by atoms with Gasteiger partial charge in [0, 0.05) is 5.02 Å². The first-order valence-electron chi connectivity index (χ1n) is 6.04. The molecule has 1 aromatic rings. The van der Waals surface area contributed by atoms with Crippen molar-refractivity contribution in [2.24, 2.45) is 5.73 Å². The highest BCUT2D eigenvalue weighted by molar-refractivity contribution is 7.89. The highest BCUT2D eigenvalue weighted by Gasteiger charge is 2.31. The minimum absolute atomic E-state index is 0.148. The van der Waals surface area contributed by atoms with Gasteiger partial charge in [-0.3, -0.25) is 9.59 Å². The molecule has 0 radical (unpaired) electrons. The summed E-state index contributed by atoms with van der Waals surface area (Å²) in [6, 6.07) is 3.61. The number of hydrogen-bond donors (Lipinski definition) is 3. The van der Waals surface area contributed by atoms with Crippen LogP contribution in [-0.2, 0) is 24.3 Å². The molecule has 22 heavy (non-hydrogen) atoms. The zero-order valence-electron chi connectivity index (χ0n) is 11.5. The summed E-state index contributed by atoms with van der Waals surface area (Å²) in [5.74, 6) is -2.02. The van der Waals surface area contributed by atoms with E-state index in [1.807, 2.05) is 4.72 Å². The normalized spacial score (nSPS) is 14.1. The Kier molecular flexibility index (Phi) is 6.30. The second-order valence-corrected chi connectivity index (χ2v) is 6.52. The van der Waals surface area contributed by atoms with Crippen molar-refractivity contribution >= 4 is 33.5 Å². The molecule has 0 heterocycles. The summed E-state index contributed by atoms with van der Waals surface area (Å²) in [6.07, 6.45) is -1.39. The van der Waals surface area contributed by atoms with Crippen LogP contribution in [0.25, 0.3) is 0 Å². The number of esters is 1. The minimum Gasteiger partial charge on any atom is -0.454 e. The lowest BCUT2D eigenvalue weighted by atomic mass is 10.2. The van der Waals surface area contributed by atoms with Crippen LogP contribution in [0.4, 0.5) is 0 Å². The Morgan fingerprint density at radius 2 is 1.91 bits per heavy atom. The van der Waals surface area contributed by atoms with Crippen LogP contribution in [0.2, 0.25) is 5.02 Å². The summed E-state index contributed by atoms with van der Waals surface area (Å²) in [4.78, 5) is 22.1. The van der Waals surface area contributed by atoms with E-state index >= 15 is 0 Å². The van der Waals surface area contributed by atoms with Crippen LogP contribution in [-0.4, -0.2) is 44.2 Å². The maximum absolute atomic E-state index is 12.1. The zero-order valence-corrected chi connectivity index (χ0v) is 13.1. The molecule has 122 valence electrons. The fraction of sp³-hybridized carbons (Fsp3) is 0.333. The summed E-state index contributed by atoms with van der Waals surface area (Å²) >= 11 is 5.67. The smallest absolute Gasteiger partial charge is 0.327 e. The molecule has 0 unspecified atom stereocenters. The first-order valence-corrected chi connectivity index (χ1v) is 7.90. The molecule has 0 saturated heterocycles. The van der Waals surface area contributed by atoms with Crippen molar-refractivity contribution in [3.05, 3.63) is 29.3 Å². The van der Waals surface area contributed by atoms with E-state index < -0.39 is 40.7 Å². The summed E-state index contributed by atoms with van der Waals surface area (Å²) in [5, 5.41) is 9.88. The molecule has 0 saturated carbocycles. The van der Waals surface area contributed by atoms with Gasteiger partial charge >= 0.3 is 5.97 Å². The third-order valence-corrected chi connectivity index (χ3v) is 4.21. The van der Waals surface area contributed by atoms with Crippen molar-refractivity contribution in [3.63, 3.8) is 0 Å². The van der Waals surface area contributed by atoms with E-state index in [0.717, 1.165) is 0 Å². The molecule has 0 aliphatic rings. The molecule has 1 amide bonds. The number of nitrogens with two attached hydrogens (primary N) is 1. The molecule has 0 aromatic heterocycles. The van der Waals surface area contributed by atoms with Gasteiger partial charge in [-0.25, -0.2) is 8.42 Å². The number of amides is 1. The number of halogens is 1. The SMILES string of the molecule is C[C@@H](O)[C@H](NS(=O)(=O)c1ccc(Cl)cc1)C(=O)OCC(N)=O. The monoisotopic (exact) mass is 350 g/mol. The number of carbonyl (C=O) groups is 2. The Balaban J connectivity index is 2.92. The molecule has 0 aliphatic carbocycles. The Bertz CT molecular complexity index is 644. The van der Waals surface area contributed by atoms with E-state index in [1.54, 1.807) is 0 Å². The summed E-state index contributed by atoms with van der Waals surface area (Å²) in [6.45, 7) is 0.477. The topological polar surface area (TPSA) is 136 Å². The Morgan fingerprint density at radius 3 is 2.36 bits per heavy atom. The molecule has 0 bridgehead atoms. The van der Waals surface area contributed by atoms with Crippen molar-refractivity contribution in [2.75, 3.05) is 6.61 Å². The average Bonchev–Trinajstić information content (AvgIpc) is 2.42. The van der Waals surface area contributed by atoms with Crippen molar-refractivity contribution in [1.82, 2.24) is 4.72 Å². The van der Waals surface area contributed by atoms with Crippen LogP contribution in [0.15, 0.2) is 29.2 Å². The molecule has 0 spiro atoms. The van der Waals surface area contributed by atoms with Gasteiger partial charge in [-0.15, -0.1) is 0 Å². The van der Waals surface area contributed by atoms with E-state index in [0.29, 0.717) is 5.02 Å². The van der Waals surface area contributed by atoms with E-state index in [-0.39, 0.29) is 4.90 Å². The van der Waals surface area contributed by atoms with Crippen LogP contribution in [0.3, 0.4) is 0 Å². The number of primary amides is 1. The predicted molar refractivity (Wildman–Crippen MR) is 77.4 cm³/mol. The summed E-state index contributed by atoms with van der Waals surface area (Å²) < 4.78 is 30.8. The van der Waals surface area contributed by atoms with Gasteiger partial charge in [0.2, 0.25) is 10.0 Å². The Labute approximate surface area is 132 Å². The molecule has 4 N–H and O–H groups in total. The molecular formula is C12H15ClN2O6S. The van der Waals surface area contributed by atoms with Gasteiger partial charge in [0.15, 0.2) is 6.61 Å². The first-order chi connectivity index (χ1) is 10.1. The van der Waals surface area contributed by atoms with E-state index in [4.69, 9.17) is 17.3 Å². The van der Waals surface area contributed by atoms with Crippen LogP contribution < -0.4 is 10.5 Å². The Hall–Kier alpha value is -1.68. The summed E-state index contributed by atoms with van der Waals surface area (Å²) in [5.41, 5.74) is 4.82. The van der Waals surface area contributed by atoms with Gasteiger partial charge in [0.1, 0.15) is 6.04 Å². The first kappa shape index (κ1) is 18.4. The second kappa shape index (κ2) is 7.54. The third-order valence-electron chi connectivity index (χ3n) is 2.50. The molecule has 0 aliphatic heterocycles. The van der Waals surface area contributed by atoms with E-state index in [1.165, 1.54) is 31.2 Å². The standard InChI is InChI=1S/C12H15ClN2O6S/c1-7(16)11(12(18)21-6-10(14)17)15-22(19,20)9-4-2-8(13)3-5-9/h2-5,7,11,15-16H,6H2,1H3,(H2,14,17)/t7-,11+/m1/s1. The van der Waals surface area contributed by atoms with Gasteiger partial charge in [0.25, 0.3) is 5.91 Å². The van der Waals surface area contributed by atoms with Crippen molar-refractivity contribution < 1.29 is 27.9 Å². The Morgan fingerprint density at radius 1 is 1.36 bits per heavy atom. The lowest BCUT2D eigenvalue weighted by molar-refractivity contribution is -0.151. The lowest BCUT2D eigenvalue weighted by Crippen LogP contribution is -2.48. The van der Waals surface area contributed by atoms with Gasteiger partial charge in [-0.1, -0.05) is 11.6 Å². The number of carbonyl (C=O) groups excluding carboxylic acids is 2. The van der Waals surface area contributed by atoms with Gasteiger partial charge in [0.05, 0.1) is 11.0 Å². The predicted octanol–water partition coefficient (Wildman–Crippen LogP) is -0.604. The van der Waals surface area contributed by atoms with Crippen LogP contribution in [0.1, 0.15) is 6.92 Å². The van der Waals surface area contributed by atoms with Gasteiger partial charge < -0.3 is 15.6 Å². The molecule has 8 nitrogen and oxygen atoms in total. The zero-order chi connectivity index (χ0) is 16.9. The van der Waals surface area contributed by atoms with E-state index in [2.05, 4.69) is 4.74 Å². The lowest BCUT2D eigenvalue weighted by Gasteiger charge is -2.19. The van der Waals surface area contributed by atoms with Gasteiger partial charge in [-0.05, 0) is 31.2 Å². The van der Waals surface area contributed by atoms with Crippen LogP contribution >= 0.6 is 11.6 Å². The fourth-order valence-electron chi connectivity index (χ4n) is 1.42. The number of nitrogens with one attached hydrogen (secondary N) is 1. The molecule has 10 heteroatoms. The largest absolute Gasteiger partial charge is 0.454 e. The molecule has 0 fully saturated rings. The quantitative estimate of drug-likeness (QED) is 0.561. The number of aliphatic hydroxyl groups excluding tert-OH is 1.